The normalized spacial score (nSPS) is 9.85. The summed E-state index contributed by atoms with van der Waals surface area (Å²) in [7, 11) is 1.94. The number of hydrogen-bond acceptors (Lipinski definition) is 3. The number of nitrogens with one attached hydrogen (secondary N) is 1. The van der Waals surface area contributed by atoms with Crippen LogP contribution in [0.3, 0.4) is 0 Å². The minimum atomic E-state index is 0.575. The second kappa shape index (κ2) is 5.33. The van der Waals surface area contributed by atoms with E-state index in [1.54, 1.807) is 6.20 Å². The highest BCUT2D eigenvalue weighted by molar-refractivity contribution is 5.00. The average Bonchev–Trinajstić information content (AvgIpc) is 2.52. The van der Waals surface area contributed by atoms with Crippen LogP contribution in [0.25, 0.3) is 0 Å². The van der Waals surface area contributed by atoms with Crippen molar-refractivity contribution in [2.24, 2.45) is 7.05 Å². The van der Waals surface area contributed by atoms with E-state index in [1.165, 1.54) is 5.69 Å². The van der Waals surface area contributed by atoms with E-state index < -0.39 is 0 Å². The summed E-state index contributed by atoms with van der Waals surface area (Å²) in [5, 5.41) is 15.5. The molecule has 0 aliphatic carbocycles. The van der Waals surface area contributed by atoms with E-state index in [9.17, 15) is 0 Å². The van der Waals surface area contributed by atoms with Gasteiger partial charge < -0.3 is 5.32 Å². The Bertz CT molecular complexity index is 284. The van der Waals surface area contributed by atoms with Crippen molar-refractivity contribution in [2.75, 3.05) is 13.1 Å². The van der Waals surface area contributed by atoms with E-state index >= 15 is 0 Å². The van der Waals surface area contributed by atoms with Gasteiger partial charge in [-0.2, -0.15) is 10.4 Å². The van der Waals surface area contributed by atoms with E-state index in [-0.39, 0.29) is 0 Å². The van der Waals surface area contributed by atoms with Gasteiger partial charge in [-0.25, -0.2) is 0 Å². The van der Waals surface area contributed by atoms with Gasteiger partial charge in [0.1, 0.15) is 0 Å². The highest BCUT2D eigenvalue weighted by atomic mass is 15.3. The molecule has 1 aromatic rings. The Hall–Kier alpha value is -1.34. The number of aryl methyl sites for hydroxylation is 1. The van der Waals surface area contributed by atoms with Crippen LogP contribution in [0.5, 0.6) is 0 Å². The van der Waals surface area contributed by atoms with Crippen LogP contribution in [0.2, 0.25) is 0 Å². The van der Waals surface area contributed by atoms with Crippen LogP contribution in [-0.4, -0.2) is 22.9 Å². The van der Waals surface area contributed by atoms with Crippen LogP contribution in [0.15, 0.2) is 12.3 Å². The number of hydrogen-bond donors (Lipinski definition) is 1. The minimum Gasteiger partial charge on any atom is -0.315 e. The topological polar surface area (TPSA) is 53.6 Å². The Labute approximate surface area is 78.2 Å². The first-order valence-corrected chi connectivity index (χ1v) is 4.39. The van der Waals surface area contributed by atoms with E-state index in [0.717, 1.165) is 19.5 Å². The summed E-state index contributed by atoms with van der Waals surface area (Å²) in [4.78, 5) is 0. The largest absolute Gasteiger partial charge is 0.315 e. The van der Waals surface area contributed by atoms with Crippen LogP contribution in [0.1, 0.15) is 12.1 Å². The fourth-order valence-corrected chi connectivity index (χ4v) is 1.13. The lowest BCUT2D eigenvalue weighted by Gasteiger charge is -2.02. The highest BCUT2D eigenvalue weighted by Gasteiger charge is 1.96. The standard InChI is InChI=1S/C9H14N4/c1-13-9(4-8-12-13)3-7-11-6-2-5-10/h4,8,11H,2-3,6-7H2,1H3. The van der Waals surface area contributed by atoms with Crippen molar-refractivity contribution >= 4 is 0 Å². The van der Waals surface area contributed by atoms with Gasteiger partial charge in [0.05, 0.1) is 6.07 Å². The molecule has 0 radical (unpaired) electrons. The fraction of sp³-hybridized carbons (Fsp3) is 0.556. The molecular weight excluding hydrogens is 164 g/mol. The first-order chi connectivity index (χ1) is 6.34. The fourth-order valence-electron chi connectivity index (χ4n) is 1.13. The van der Waals surface area contributed by atoms with Crippen molar-refractivity contribution in [3.63, 3.8) is 0 Å². The molecule has 1 rings (SSSR count). The quantitative estimate of drug-likeness (QED) is 0.667. The molecule has 70 valence electrons. The Morgan fingerprint density at radius 1 is 1.62 bits per heavy atom. The summed E-state index contributed by atoms with van der Waals surface area (Å²) >= 11 is 0. The first-order valence-electron chi connectivity index (χ1n) is 4.39. The third-order valence-corrected chi connectivity index (χ3v) is 1.89. The lowest BCUT2D eigenvalue weighted by molar-refractivity contribution is 0.647. The first kappa shape index (κ1) is 9.75. The third kappa shape index (κ3) is 3.26. The lowest BCUT2D eigenvalue weighted by Crippen LogP contribution is -2.19. The van der Waals surface area contributed by atoms with E-state index in [0.29, 0.717) is 6.42 Å². The molecule has 0 aromatic carbocycles. The SMILES string of the molecule is Cn1nccc1CCNCCC#N. The molecule has 1 aromatic heterocycles. The molecule has 0 spiro atoms. The zero-order chi connectivity index (χ0) is 9.52. The molecule has 0 saturated heterocycles. The van der Waals surface area contributed by atoms with Crippen LogP contribution >= 0.6 is 0 Å². The molecule has 0 aliphatic heterocycles. The van der Waals surface area contributed by atoms with Crippen LogP contribution in [0, 0.1) is 11.3 Å². The summed E-state index contributed by atoms with van der Waals surface area (Å²) in [5.74, 6) is 0. The number of aromatic nitrogens is 2. The Kier molecular flexibility index (Phi) is 4.00. The van der Waals surface area contributed by atoms with Gasteiger partial charge in [-0.3, -0.25) is 4.68 Å². The molecule has 0 bridgehead atoms. The molecule has 1 N–H and O–H groups in total. The maximum atomic E-state index is 8.29. The molecular formula is C9H14N4. The van der Waals surface area contributed by atoms with Crippen molar-refractivity contribution in [1.29, 1.82) is 5.26 Å². The van der Waals surface area contributed by atoms with E-state index in [1.807, 2.05) is 17.8 Å². The molecule has 0 atom stereocenters. The number of nitriles is 1. The van der Waals surface area contributed by atoms with Gasteiger partial charge in [0.2, 0.25) is 0 Å². The average molecular weight is 178 g/mol. The second-order valence-electron chi connectivity index (χ2n) is 2.85. The molecule has 13 heavy (non-hydrogen) atoms. The predicted octanol–water partition coefficient (Wildman–Crippen LogP) is 0.466. The molecule has 0 amide bonds. The van der Waals surface area contributed by atoms with E-state index in [4.69, 9.17) is 5.26 Å². The zero-order valence-electron chi connectivity index (χ0n) is 7.82. The molecule has 0 fully saturated rings. The van der Waals surface area contributed by atoms with Crippen molar-refractivity contribution in [3.8, 4) is 6.07 Å². The van der Waals surface area contributed by atoms with E-state index in [2.05, 4.69) is 16.5 Å². The molecule has 0 unspecified atom stereocenters. The maximum absolute atomic E-state index is 8.29. The van der Waals surface area contributed by atoms with Gasteiger partial charge in [0.25, 0.3) is 0 Å². The Balaban J connectivity index is 2.14. The summed E-state index contributed by atoms with van der Waals surface area (Å²) in [6.45, 7) is 1.68. The predicted molar refractivity (Wildman–Crippen MR) is 50.0 cm³/mol. The van der Waals surface area contributed by atoms with Crippen molar-refractivity contribution in [2.45, 2.75) is 12.8 Å². The van der Waals surface area contributed by atoms with Gasteiger partial charge in [-0.1, -0.05) is 0 Å². The van der Waals surface area contributed by atoms with Crippen molar-refractivity contribution in [1.82, 2.24) is 15.1 Å². The second-order valence-corrected chi connectivity index (χ2v) is 2.85. The number of nitrogens with zero attached hydrogens (tertiary/aromatic N) is 3. The molecule has 0 saturated carbocycles. The van der Waals surface area contributed by atoms with Gasteiger partial charge in [0.15, 0.2) is 0 Å². The summed E-state index contributed by atoms with van der Waals surface area (Å²) in [6, 6.07) is 4.10. The molecule has 4 nitrogen and oxygen atoms in total. The van der Waals surface area contributed by atoms with Gasteiger partial charge in [-0.05, 0) is 6.07 Å². The van der Waals surface area contributed by atoms with Gasteiger partial charge in [-0.15, -0.1) is 0 Å². The molecule has 0 aliphatic rings. The lowest BCUT2D eigenvalue weighted by atomic mass is 10.3. The molecule has 4 heteroatoms. The highest BCUT2D eigenvalue weighted by Crippen LogP contribution is 1.95. The Morgan fingerprint density at radius 2 is 2.46 bits per heavy atom. The smallest absolute Gasteiger partial charge is 0.0635 e. The number of rotatable bonds is 5. The molecule has 1 heterocycles. The van der Waals surface area contributed by atoms with Gasteiger partial charge >= 0.3 is 0 Å². The zero-order valence-corrected chi connectivity index (χ0v) is 7.82. The van der Waals surface area contributed by atoms with Crippen LogP contribution < -0.4 is 5.32 Å². The Morgan fingerprint density at radius 3 is 3.08 bits per heavy atom. The van der Waals surface area contributed by atoms with Crippen molar-refractivity contribution in [3.05, 3.63) is 18.0 Å². The third-order valence-electron chi connectivity index (χ3n) is 1.89. The summed E-state index contributed by atoms with van der Waals surface area (Å²) in [6.07, 6.45) is 3.33. The van der Waals surface area contributed by atoms with Gasteiger partial charge in [0, 0.05) is 44.9 Å². The summed E-state index contributed by atoms with van der Waals surface area (Å²) < 4.78 is 1.87. The maximum Gasteiger partial charge on any atom is 0.0635 e. The summed E-state index contributed by atoms with van der Waals surface area (Å²) in [5.41, 5.74) is 1.21. The van der Waals surface area contributed by atoms with Crippen molar-refractivity contribution < 1.29 is 0 Å². The minimum absolute atomic E-state index is 0.575. The van der Waals surface area contributed by atoms with Crippen LogP contribution in [-0.2, 0) is 13.5 Å². The van der Waals surface area contributed by atoms with Crippen LogP contribution in [0.4, 0.5) is 0 Å². The monoisotopic (exact) mass is 178 g/mol.